The molecule has 1 aromatic heterocycles. The van der Waals surface area contributed by atoms with Crippen molar-refractivity contribution in [1.82, 2.24) is 20.7 Å². The lowest BCUT2D eigenvalue weighted by molar-refractivity contribution is -0.130. The van der Waals surface area contributed by atoms with Crippen molar-refractivity contribution in [2.45, 2.75) is 52.6 Å². The predicted molar refractivity (Wildman–Crippen MR) is 118 cm³/mol. The number of benzene rings is 1. The molecule has 0 radical (unpaired) electrons. The van der Waals surface area contributed by atoms with Gasteiger partial charge < -0.3 is 9.88 Å². The molecule has 0 unspecified atom stereocenters. The molecular formula is C23H30N4O4. The van der Waals surface area contributed by atoms with Gasteiger partial charge in [-0.3, -0.25) is 30.0 Å². The molecule has 0 saturated carbocycles. The second-order valence-electron chi connectivity index (χ2n) is 8.73. The summed E-state index contributed by atoms with van der Waals surface area (Å²) in [4.78, 5) is 48.9. The highest BCUT2D eigenvalue weighted by atomic mass is 16.2. The molecule has 166 valence electrons. The van der Waals surface area contributed by atoms with Crippen LogP contribution in [0, 0.1) is 5.92 Å². The van der Waals surface area contributed by atoms with Crippen molar-refractivity contribution in [1.29, 1.82) is 0 Å². The Morgan fingerprint density at radius 3 is 2.16 bits per heavy atom. The summed E-state index contributed by atoms with van der Waals surface area (Å²) < 4.78 is 1.21. The van der Waals surface area contributed by atoms with Crippen LogP contribution >= 0.6 is 0 Å². The first kappa shape index (κ1) is 23.9. The second-order valence-corrected chi connectivity index (χ2v) is 8.73. The van der Waals surface area contributed by atoms with E-state index in [1.807, 2.05) is 12.1 Å². The standard InChI is InChI=1S/C23H30N4O4/c1-15(2)20(24-21(30)16-9-11-17(12-10-16)23(3,4)5)22(31)26-25-18(28)14-27-13-7-6-8-19(27)29/h6-13,15,20H,14H2,1-5H3,(H,24,30)(H,25,28)(H,26,31)/t20-/m0/s1. The van der Waals surface area contributed by atoms with Gasteiger partial charge in [0.15, 0.2) is 0 Å². The molecule has 0 aliphatic heterocycles. The van der Waals surface area contributed by atoms with Crippen LogP contribution in [-0.4, -0.2) is 28.3 Å². The molecule has 0 bridgehead atoms. The highest BCUT2D eigenvalue weighted by Gasteiger charge is 2.25. The smallest absolute Gasteiger partial charge is 0.261 e. The monoisotopic (exact) mass is 426 g/mol. The topological polar surface area (TPSA) is 109 Å². The van der Waals surface area contributed by atoms with E-state index in [1.165, 1.54) is 16.8 Å². The summed E-state index contributed by atoms with van der Waals surface area (Å²) in [6.45, 7) is 9.60. The van der Waals surface area contributed by atoms with Gasteiger partial charge in [0.2, 0.25) is 0 Å². The quantitative estimate of drug-likeness (QED) is 0.611. The Labute approximate surface area is 182 Å². The number of hydrazine groups is 1. The van der Waals surface area contributed by atoms with Gasteiger partial charge in [-0.2, -0.15) is 0 Å². The van der Waals surface area contributed by atoms with Crippen LogP contribution < -0.4 is 21.7 Å². The van der Waals surface area contributed by atoms with Gasteiger partial charge >= 0.3 is 0 Å². The van der Waals surface area contributed by atoms with Crippen LogP contribution in [0.5, 0.6) is 0 Å². The number of pyridine rings is 1. The average Bonchev–Trinajstić information content (AvgIpc) is 2.71. The number of nitrogens with one attached hydrogen (secondary N) is 3. The van der Waals surface area contributed by atoms with Crippen LogP contribution in [0.4, 0.5) is 0 Å². The molecule has 0 aliphatic carbocycles. The Bertz CT molecular complexity index is 988. The van der Waals surface area contributed by atoms with Crippen molar-refractivity contribution in [2.24, 2.45) is 5.92 Å². The highest BCUT2D eigenvalue weighted by Crippen LogP contribution is 2.22. The number of amides is 3. The summed E-state index contributed by atoms with van der Waals surface area (Å²) in [6, 6.07) is 10.9. The zero-order chi connectivity index (χ0) is 23.2. The van der Waals surface area contributed by atoms with Crippen molar-refractivity contribution in [3.63, 3.8) is 0 Å². The zero-order valence-corrected chi connectivity index (χ0v) is 18.6. The number of hydrogen-bond acceptors (Lipinski definition) is 4. The Hall–Kier alpha value is -3.42. The van der Waals surface area contributed by atoms with E-state index in [-0.39, 0.29) is 29.3 Å². The zero-order valence-electron chi connectivity index (χ0n) is 18.6. The molecule has 1 atom stereocenters. The van der Waals surface area contributed by atoms with Crippen LogP contribution in [0.25, 0.3) is 0 Å². The Kier molecular flexibility index (Phi) is 7.74. The predicted octanol–water partition coefficient (Wildman–Crippen LogP) is 1.75. The van der Waals surface area contributed by atoms with Crippen LogP contribution in [0.2, 0.25) is 0 Å². The largest absolute Gasteiger partial charge is 0.340 e. The molecule has 0 saturated heterocycles. The average molecular weight is 427 g/mol. The van der Waals surface area contributed by atoms with E-state index < -0.39 is 17.9 Å². The van der Waals surface area contributed by atoms with E-state index in [2.05, 4.69) is 36.9 Å². The van der Waals surface area contributed by atoms with E-state index in [4.69, 9.17) is 0 Å². The van der Waals surface area contributed by atoms with Crippen LogP contribution in [0.15, 0.2) is 53.5 Å². The van der Waals surface area contributed by atoms with Crippen molar-refractivity contribution in [2.75, 3.05) is 0 Å². The number of hydrogen-bond donors (Lipinski definition) is 3. The minimum Gasteiger partial charge on any atom is -0.340 e. The third kappa shape index (κ3) is 6.80. The summed E-state index contributed by atoms with van der Waals surface area (Å²) in [5.41, 5.74) is 5.79. The minimum absolute atomic E-state index is 0.0293. The van der Waals surface area contributed by atoms with Crippen molar-refractivity contribution in [3.05, 3.63) is 70.1 Å². The fraction of sp³-hybridized carbons (Fsp3) is 0.391. The molecule has 2 rings (SSSR count). The van der Waals surface area contributed by atoms with Gasteiger partial charge in [-0.05, 0) is 35.1 Å². The molecule has 2 aromatic rings. The van der Waals surface area contributed by atoms with Crippen molar-refractivity contribution < 1.29 is 14.4 Å². The molecule has 1 heterocycles. The van der Waals surface area contributed by atoms with Gasteiger partial charge in [0.25, 0.3) is 23.3 Å². The van der Waals surface area contributed by atoms with Crippen LogP contribution in [0.1, 0.15) is 50.5 Å². The molecule has 0 aliphatic rings. The van der Waals surface area contributed by atoms with Gasteiger partial charge in [0.05, 0.1) is 0 Å². The molecule has 3 amide bonds. The van der Waals surface area contributed by atoms with Gasteiger partial charge in [0, 0.05) is 17.8 Å². The lowest BCUT2D eigenvalue weighted by Gasteiger charge is -2.22. The number of carbonyl (C=O) groups excluding carboxylic acids is 3. The molecule has 0 spiro atoms. The molecular weight excluding hydrogens is 396 g/mol. The van der Waals surface area contributed by atoms with E-state index in [1.54, 1.807) is 38.1 Å². The SMILES string of the molecule is CC(C)[C@H](NC(=O)c1ccc(C(C)(C)C)cc1)C(=O)NNC(=O)Cn1ccccc1=O. The molecule has 8 heteroatoms. The third-order valence-corrected chi connectivity index (χ3v) is 4.79. The molecule has 31 heavy (non-hydrogen) atoms. The van der Waals surface area contributed by atoms with E-state index in [9.17, 15) is 19.2 Å². The minimum atomic E-state index is -0.852. The second kappa shape index (κ2) is 10.1. The maximum atomic E-state index is 12.6. The number of aromatic nitrogens is 1. The summed E-state index contributed by atoms with van der Waals surface area (Å²) in [7, 11) is 0. The van der Waals surface area contributed by atoms with Gasteiger partial charge in [-0.1, -0.05) is 52.8 Å². The van der Waals surface area contributed by atoms with Crippen LogP contribution in [-0.2, 0) is 21.5 Å². The van der Waals surface area contributed by atoms with Crippen LogP contribution in [0.3, 0.4) is 0 Å². The van der Waals surface area contributed by atoms with Crippen molar-refractivity contribution in [3.8, 4) is 0 Å². The Morgan fingerprint density at radius 2 is 1.61 bits per heavy atom. The third-order valence-electron chi connectivity index (χ3n) is 4.79. The number of rotatable bonds is 6. The molecule has 8 nitrogen and oxygen atoms in total. The fourth-order valence-electron chi connectivity index (χ4n) is 2.88. The van der Waals surface area contributed by atoms with E-state index >= 15 is 0 Å². The lowest BCUT2D eigenvalue weighted by atomic mass is 9.86. The Morgan fingerprint density at radius 1 is 0.968 bits per heavy atom. The van der Waals surface area contributed by atoms with E-state index in [0.29, 0.717) is 5.56 Å². The van der Waals surface area contributed by atoms with Gasteiger partial charge in [-0.15, -0.1) is 0 Å². The molecule has 0 fully saturated rings. The summed E-state index contributed by atoms with van der Waals surface area (Å²) >= 11 is 0. The number of carbonyl (C=O) groups is 3. The highest BCUT2D eigenvalue weighted by molar-refractivity contribution is 5.97. The Balaban J connectivity index is 1.97. The molecule has 1 aromatic carbocycles. The van der Waals surface area contributed by atoms with Gasteiger partial charge in [-0.25, -0.2) is 0 Å². The fourth-order valence-corrected chi connectivity index (χ4v) is 2.88. The first-order valence-corrected chi connectivity index (χ1v) is 10.1. The summed E-state index contributed by atoms with van der Waals surface area (Å²) in [5, 5.41) is 2.72. The summed E-state index contributed by atoms with van der Waals surface area (Å²) in [5.74, 6) is -1.71. The molecule has 3 N–H and O–H groups in total. The first-order chi connectivity index (χ1) is 14.5. The van der Waals surface area contributed by atoms with Gasteiger partial charge in [0.1, 0.15) is 12.6 Å². The number of nitrogens with zero attached hydrogens (tertiary/aromatic N) is 1. The van der Waals surface area contributed by atoms with Crippen molar-refractivity contribution >= 4 is 17.7 Å². The lowest BCUT2D eigenvalue weighted by Crippen LogP contribution is -2.54. The maximum Gasteiger partial charge on any atom is 0.261 e. The van der Waals surface area contributed by atoms with E-state index in [0.717, 1.165) is 5.56 Å². The summed E-state index contributed by atoms with van der Waals surface area (Å²) in [6.07, 6.45) is 1.48. The first-order valence-electron chi connectivity index (χ1n) is 10.1. The normalized spacial score (nSPS) is 12.2. The maximum absolute atomic E-state index is 12.6.